The summed E-state index contributed by atoms with van der Waals surface area (Å²) in [5, 5.41) is 3.02. The van der Waals surface area contributed by atoms with Crippen LogP contribution in [0, 0.1) is 6.92 Å². The van der Waals surface area contributed by atoms with E-state index < -0.39 is 6.10 Å². The standard InChI is InChI=1S/C22H29NO2/c1-15-7-13-20(14-8-15)25-17(3)21(24)23-16(2)18-9-11-19(12-10-18)22(4,5)6/h7-14,16-17H,1-6H3,(H,23,24)/t16-,17+/m0/s1. The molecule has 2 atom stereocenters. The molecule has 2 rings (SSSR count). The van der Waals surface area contributed by atoms with Crippen molar-refractivity contribution >= 4 is 5.91 Å². The van der Waals surface area contributed by atoms with Crippen LogP contribution in [0.5, 0.6) is 5.75 Å². The maximum Gasteiger partial charge on any atom is 0.261 e. The topological polar surface area (TPSA) is 38.3 Å². The second-order valence-corrected chi connectivity index (χ2v) is 7.68. The predicted octanol–water partition coefficient (Wildman–Crippen LogP) is 4.94. The van der Waals surface area contributed by atoms with E-state index in [9.17, 15) is 4.79 Å². The van der Waals surface area contributed by atoms with Gasteiger partial charge in [-0.1, -0.05) is 62.7 Å². The van der Waals surface area contributed by atoms with Crippen LogP contribution in [0.2, 0.25) is 0 Å². The van der Waals surface area contributed by atoms with Gasteiger partial charge in [-0.05, 0) is 49.4 Å². The fourth-order valence-corrected chi connectivity index (χ4v) is 2.56. The van der Waals surface area contributed by atoms with E-state index in [0.29, 0.717) is 5.75 Å². The van der Waals surface area contributed by atoms with Crippen molar-refractivity contribution in [3.8, 4) is 5.75 Å². The molecule has 0 unspecified atom stereocenters. The Morgan fingerprint density at radius 3 is 2.04 bits per heavy atom. The lowest BCUT2D eigenvalue weighted by Crippen LogP contribution is -2.37. The number of benzene rings is 2. The third-order valence-corrected chi connectivity index (χ3v) is 4.34. The molecule has 3 nitrogen and oxygen atoms in total. The number of aryl methyl sites for hydroxylation is 1. The van der Waals surface area contributed by atoms with Gasteiger partial charge in [-0.15, -0.1) is 0 Å². The lowest BCUT2D eigenvalue weighted by atomic mass is 9.86. The molecule has 0 aromatic heterocycles. The molecule has 0 saturated carbocycles. The summed E-state index contributed by atoms with van der Waals surface area (Å²) >= 11 is 0. The number of carbonyl (C=O) groups excluding carboxylic acids is 1. The van der Waals surface area contributed by atoms with Gasteiger partial charge in [0.25, 0.3) is 5.91 Å². The Morgan fingerprint density at radius 2 is 1.52 bits per heavy atom. The largest absolute Gasteiger partial charge is 0.481 e. The fourth-order valence-electron chi connectivity index (χ4n) is 2.56. The van der Waals surface area contributed by atoms with E-state index in [4.69, 9.17) is 4.74 Å². The highest BCUT2D eigenvalue weighted by molar-refractivity contribution is 5.81. The van der Waals surface area contributed by atoms with Crippen molar-refractivity contribution in [1.82, 2.24) is 5.32 Å². The molecule has 2 aromatic rings. The van der Waals surface area contributed by atoms with Gasteiger partial charge in [-0.25, -0.2) is 0 Å². The van der Waals surface area contributed by atoms with Crippen molar-refractivity contribution < 1.29 is 9.53 Å². The minimum atomic E-state index is -0.543. The number of nitrogens with one attached hydrogen (secondary N) is 1. The van der Waals surface area contributed by atoms with E-state index in [0.717, 1.165) is 11.1 Å². The van der Waals surface area contributed by atoms with Gasteiger partial charge in [0.15, 0.2) is 6.10 Å². The summed E-state index contributed by atoms with van der Waals surface area (Å²) < 4.78 is 5.72. The summed E-state index contributed by atoms with van der Waals surface area (Å²) in [5.74, 6) is 0.586. The Labute approximate surface area is 151 Å². The van der Waals surface area contributed by atoms with Gasteiger partial charge in [0, 0.05) is 0 Å². The minimum Gasteiger partial charge on any atom is -0.481 e. The van der Waals surface area contributed by atoms with Gasteiger partial charge in [-0.3, -0.25) is 4.79 Å². The van der Waals surface area contributed by atoms with Crippen LogP contribution in [0.25, 0.3) is 0 Å². The molecule has 134 valence electrons. The van der Waals surface area contributed by atoms with Crippen LogP contribution in [-0.2, 0) is 10.2 Å². The van der Waals surface area contributed by atoms with E-state index in [2.05, 4.69) is 50.4 Å². The average molecular weight is 339 g/mol. The molecule has 0 aliphatic carbocycles. The molecule has 0 aliphatic heterocycles. The Bertz CT molecular complexity index is 696. The number of rotatable bonds is 5. The zero-order valence-electron chi connectivity index (χ0n) is 16.1. The Balaban J connectivity index is 1.95. The Morgan fingerprint density at radius 1 is 0.960 bits per heavy atom. The van der Waals surface area contributed by atoms with Gasteiger partial charge in [0.05, 0.1) is 6.04 Å². The van der Waals surface area contributed by atoms with Crippen molar-refractivity contribution in [1.29, 1.82) is 0 Å². The van der Waals surface area contributed by atoms with Crippen LogP contribution in [0.4, 0.5) is 0 Å². The molecule has 0 bridgehead atoms. The van der Waals surface area contributed by atoms with Crippen LogP contribution < -0.4 is 10.1 Å². The second kappa shape index (κ2) is 7.73. The molecular formula is C22H29NO2. The van der Waals surface area contributed by atoms with Crippen molar-refractivity contribution in [2.24, 2.45) is 0 Å². The SMILES string of the molecule is Cc1ccc(O[C@H](C)C(=O)N[C@@H](C)c2ccc(C(C)(C)C)cc2)cc1. The first-order valence-corrected chi connectivity index (χ1v) is 8.81. The van der Waals surface area contributed by atoms with Gasteiger partial charge in [0.2, 0.25) is 0 Å². The lowest BCUT2D eigenvalue weighted by Gasteiger charge is -2.22. The monoisotopic (exact) mass is 339 g/mol. The van der Waals surface area contributed by atoms with E-state index in [-0.39, 0.29) is 17.4 Å². The van der Waals surface area contributed by atoms with Crippen molar-refractivity contribution in [3.63, 3.8) is 0 Å². The number of hydrogen-bond donors (Lipinski definition) is 1. The maximum absolute atomic E-state index is 12.4. The van der Waals surface area contributed by atoms with Crippen LogP contribution in [0.3, 0.4) is 0 Å². The summed E-state index contributed by atoms with van der Waals surface area (Å²) in [6.45, 7) is 12.4. The molecule has 0 radical (unpaired) electrons. The van der Waals surface area contributed by atoms with E-state index in [1.807, 2.05) is 38.1 Å². The zero-order valence-corrected chi connectivity index (χ0v) is 16.1. The molecule has 0 heterocycles. The van der Waals surface area contributed by atoms with Crippen molar-refractivity contribution in [3.05, 3.63) is 65.2 Å². The molecule has 1 amide bonds. The molecule has 0 aliphatic rings. The summed E-state index contributed by atoms with van der Waals surface area (Å²) in [7, 11) is 0. The number of carbonyl (C=O) groups is 1. The third-order valence-electron chi connectivity index (χ3n) is 4.34. The fraction of sp³-hybridized carbons (Fsp3) is 0.409. The van der Waals surface area contributed by atoms with Crippen molar-refractivity contribution in [2.45, 2.75) is 59.1 Å². The van der Waals surface area contributed by atoms with Gasteiger partial charge < -0.3 is 10.1 Å². The predicted molar refractivity (Wildman–Crippen MR) is 103 cm³/mol. The summed E-state index contributed by atoms with van der Waals surface area (Å²) in [4.78, 5) is 12.4. The van der Waals surface area contributed by atoms with Crippen LogP contribution in [0.15, 0.2) is 48.5 Å². The highest BCUT2D eigenvalue weighted by Gasteiger charge is 2.19. The molecule has 25 heavy (non-hydrogen) atoms. The van der Waals surface area contributed by atoms with Crippen LogP contribution >= 0.6 is 0 Å². The summed E-state index contributed by atoms with van der Waals surface area (Å²) in [6, 6.07) is 16.1. The molecule has 1 N–H and O–H groups in total. The van der Waals surface area contributed by atoms with Crippen LogP contribution in [0.1, 0.15) is 57.4 Å². The van der Waals surface area contributed by atoms with E-state index >= 15 is 0 Å². The third kappa shape index (κ3) is 5.35. The average Bonchev–Trinajstić information content (AvgIpc) is 2.56. The van der Waals surface area contributed by atoms with E-state index in [1.165, 1.54) is 5.56 Å². The van der Waals surface area contributed by atoms with Gasteiger partial charge in [-0.2, -0.15) is 0 Å². The first kappa shape index (κ1) is 19.0. The van der Waals surface area contributed by atoms with Crippen molar-refractivity contribution in [2.75, 3.05) is 0 Å². The molecule has 0 spiro atoms. The molecule has 0 fully saturated rings. The molecule has 0 saturated heterocycles. The summed E-state index contributed by atoms with van der Waals surface area (Å²) in [5.41, 5.74) is 3.66. The molecule has 3 heteroatoms. The highest BCUT2D eigenvalue weighted by atomic mass is 16.5. The lowest BCUT2D eigenvalue weighted by molar-refractivity contribution is -0.127. The molecule has 2 aromatic carbocycles. The first-order valence-electron chi connectivity index (χ1n) is 8.81. The maximum atomic E-state index is 12.4. The number of amides is 1. The quantitative estimate of drug-likeness (QED) is 0.838. The second-order valence-electron chi connectivity index (χ2n) is 7.68. The molecular weight excluding hydrogens is 310 g/mol. The summed E-state index contributed by atoms with van der Waals surface area (Å²) in [6.07, 6.45) is -0.543. The number of hydrogen-bond acceptors (Lipinski definition) is 2. The Kier molecular flexibility index (Phi) is 5.89. The highest BCUT2D eigenvalue weighted by Crippen LogP contribution is 2.24. The minimum absolute atomic E-state index is 0.0643. The zero-order chi connectivity index (χ0) is 18.6. The van der Waals surface area contributed by atoms with E-state index in [1.54, 1.807) is 6.92 Å². The smallest absolute Gasteiger partial charge is 0.261 e. The Hall–Kier alpha value is -2.29. The van der Waals surface area contributed by atoms with Gasteiger partial charge >= 0.3 is 0 Å². The normalized spacial score (nSPS) is 13.8. The number of ether oxygens (including phenoxy) is 1. The van der Waals surface area contributed by atoms with Crippen LogP contribution in [-0.4, -0.2) is 12.0 Å². The van der Waals surface area contributed by atoms with Gasteiger partial charge in [0.1, 0.15) is 5.75 Å². The first-order chi connectivity index (χ1) is 11.7.